The highest BCUT2D eigenvalue weighted by Crippen LogP contribution is 2.50. The average Bonchev–Trinajstić information content (AvgIpc) is 3.40. The Morgan fingerprint density at radius 1 is 1.30 bits per heavy atom. The second-order valence-corrected chi connectivity index (χ2v) is 8.07. The Labute approximate surface area is 167 Å². The molecule has 0 aromatic heterocycles. The minimum Gasteiger partial charge on any atom is -0.378 e. The van der Waals surface area contributed by atoms with Crippen molar-refractivity contribution in [1.82, 2.24) is 5.32 Å². The molecule has 2 aliphatic rings. The van der Waals surface area contributed by atoms with Crippen molar-refractivity contribution in [1.29, 1.82) is 0 Å². The normalized spacial score (nSPS) is 25.7. The lowest BCUT2D eigenvalue weighted by molar-refractivity contribution is -0.166. The molecule has 0 heterocycles. The minimum absolute atomic E-state index is 0. The number of carbonyl (C=O) groups excluding carboxylic acids is 2. The predicted molar refractivity (Wildman–Crippen MR) is 108 cm³/mol. The summed E-state index contributed by atoms with van der Waals surface area (Å²) in [5.41, 5.74) is 7.05. The SMILES string of the molecule is CCOC1CC(N)(C(=O)Nc2cc(C(=O)NC3CC3)ccc2C)C1(C)C.Cl. The maximum absolute atomic E-state index is 12.9. The number of aryl methyl sites for hydroxylation is 1. The fourth-order valence-electron chi connectivity index (χ4n) is 3.45. The zero-order valence-electron chi connectivity index (χ0n) is 16.4. The molecule has 2 amide bonds. The van der Waals surface area contributed by atoms with Crippen LogP contribution in [0.3, 0.4) is 0 Å². The van der Waals surface area contributed by atoms with E-state index in [4.69, 9.17) is 10.5 Å². The van der Waals surface area contributed by atoms with Crippen molar-refractivity contribution in [3.8, 4) is 0 Å². The molecule has 2 fully saturated rings. The highest BCUT2D eigenvalue weighted by atomic mass is 35.5. The number of nitrogens with two attached hydrogens (primary N) is 1. The molecule has 4 N–H and O–H groups in total. The lowest BCUT2D eigenvalue weighted by Crippen LogP contribution is -2.74. The number of halogens is 1. The van der Waals surface area contributed by atoms with E-state index in [2.05, 4.69) is 10.6 Å². The van der Waals surface area contributed by atoms with Crippen molar-refractivity contribution in [2.75, 3.05) is 11.9 Å². The van der Waals surface area contributed by atoms with E-state index < -0.39 is 11.0 Å². The van der Waals surface area contributed by atoms with Crippen LogP contribution in [0.25, 0.3) is 0 Å². The minimum atomic E-state index is -0.994. The van der Waals surface area contributed by atoms with Crippen LogP contribution in [-0.4, -0.2) is 36.1 Å². The Bertz CT molecular complexity index is 733. The third-order valence-electron chi connectivity index (χ3n) is 5.90. The monoisotopic (exact) mass is 395 g/mol. The van der Waals surface area contributed by atoms with Gasteiger partial charge in [-0.15, -0.1) is 12.4 Å². The van der Waals surface area contributed by atoms with Crippen LogP contribution < -0.4 is 16.4 Å². The first-order valence-electron chi connectivity index (χ1n) is 9.32. The fraction of sp³-hybridized carbons (Fsp3) is 0.600. The molecule has 0 saturated heterocycles. The molecular weight excluding hydrogens is 366 g/mol. The summed E-state index contributed by atoms with van der Waals surface area (Å²) in [6.07, 6.45) is 2.53. The van der Waals surface area contributed by atoms with E-state index in [-0.39, 0.29) is 30.3 Å². The number of benzene rings is 1. The Kier molecular flexibility index (Phi) is 6.24. The number of hydrogen-bond donors (Lipinski definition) is 3. The lowest BCUT2D eigenvalue weighted by atomic mass is 9.54. The molecule has 7 heteroatoms. The molecule has 3 rings (SSSR count). The molecule has 0 aliphatic heterocycles. The maximum atomic E-state index is 12.9. The van der Waals surface area contributed by atoms with E-state index in [0.29, 0.717) is 30.3 Å². The van der Waals surface area contributed by atoms with Crippen molar-refractivity contribution < 1.29 is 14.3 Å². The molecule has 0 spiro atoms. The molecule has 150 valence electrons. The summed E-state index contributed by atoms with van der Waals surface area (Å²) in [6.45, 7) is 8.36. The smallest absolute Gasteiger partial charge is 0.251 e. The molecule has 27 heavy (non-hydrogen) atoms. The number of ether oxygens (including phenoxy) is 1. The Morgan fingerprint density at radius 3 is 2.52 bits per heavy atom. The van der Waals surface area contributed by atoms with Gasteiger partial charge in [0.25, 0.3) is 5.91 Å². The van der Waals surface area contributed by atoms with Gasteiger partial charge in [0.15, 0.2) is 0 Å². The first-order valence-corrected chi connectivity index (χ1v) is 9.32. The van der Waals surface area contributed by atoms with E-state index in [1.54, 1.807) is 12.1 Å². The average molecular weight is 396 g/mol. The van der Waals surface area contributed by atoms with Gasteiger partial charge in [0.2, 0.25) is 5.91 Å². The lowest BCUT2D eigenvalue weighted by Gasteiger charge is -2.57. The Morgan fingerprint density at radius 2 is 1.96 bits per heavy atom. The van der Waals surface area contributed by atoms with Crippen molar-refractivity contribution in [3.63, 3.8) is 0 Å². The molecule has 2 unspecified atom stereocenters. The van der Waals surface area contributed by atoms with E-state index in [1.807, 2.05) is 33.8 Å². The number of amides is 2. The van der Waals surface area contributed by atoms with Crippen molar-refractivity contribution in [3.05, 3.63) is 29.3 Å². The van der Waals surface area contributed by atoms with Gasteiger partial charge in [0, 0.05) is 35.7 Å². The maximum Gasteiger partial charge on any atom is 0.251 e. The molecule has 2 saturated carbocycles. The highest BCUT2D eigenvalue weighted by molar-refractivity contribution is 6.02. The van der Waals surface area contributed by atoms with Crippen LogP contribution in [0.4, 0.5) is 5.69 Å². The molecule has 2 atom stereocenters. The summed E-state index contributed by atoms with van der Waals surface area (Å²) in [5.74, 6) is -0.341. The third kappa shape index (κ3) is 3.98. The van der Waals surface area contributed by atoms with E-state index in [0.717, 1.165) is 18.4 Å². The molecule has 0 radical (unpaired) electrons. The Hall–Kier alpha value is -1.63. The van der Waals surface area contributed by atoms with E-state index in [1.165, 1.54) is 0 Å². The van der Waals surface area contributed by atoms with Gasteiger partial charge in [0.05, 0.1) is 6.10 Å². The molecule has 0 bridgehead atoms. The zero-order valence-corrected chi connectivity index (χ0v) is 17.2. The van der Waals surface area contributed by atoms with Gasteiger partial charge < -0.3 is 21.1 Å². The van der Waals surface area contributed by atoms with Gasteiger partial charge in [-0.2, -0.15) is 0 Å². The number of carbonyl (C=O) groups is 2. The highest BCUT2D eigenvalue weighted by Gasteiger charge is 2.62. The topological polar surface area (TPSA) is 93.4 Å². The van der Waals surface area contributed by atoms with Crippen molar-refractivity contribution in [2.24, 2.45) is 11.1 Å². The van der Waals surface area contributed by atoms with Gasteiger partial charge in [-0.1, -0.05) is 19.9 Å². The van der Waals surface area contributed by atoms with Crippen LogP contribution >= 0.6 is 12.4 Å². The number of hydrogen-bond acceptors (Lipinski definition) is 4. The number of rotatable bonds is 6. The molecule has 2 aliphatic carbocycles. The van der Waals surface area contributed by atoms with Crippen LogP contribution in [0.2, 0.25) is 0 Å². The summed E-state index contributed by atoms with van der Waals surface area (Å²) >= 11 is 0. The van der Waals surface area contributed by atoms with Crippen LogP contribution in [0.5, 0.6) is 0 Å². The second kappa shape index (κ2) is 7.78. The summed E-state index contributed by atoms with van der Waals surface area (Å²) in [6, 6.07) is 5.63. The molecule has 6 nitrogen and oxygen atoms in total. The van der Waals surface area contributed by atoms with Gasteiger partial charge in [-0.05, 0) is 44.4 Å². The number of nitrogens with one attached hydrogen (secondary N) is 2. The first kappa shape index (κ1) is 21.7. The molecule has 1 aromatic rings. The molecule has 1 aromatic carbocycles. The van der Waals surface area contributed by atoms with Gasteiger partial charge in [-0.25, -0.2) is 0 Å². The predicted octanol–water partition coefficient (Wildman–Crippen LogP) is 2.78. The van der Waals surface area contributed by atoms with Crippen LogP contribution in [0.15, 0.2) is 18.2 Å². The summed E-state index contributed by atoms with van der Waals surface area (Å²) in [5, 5.41) is 5.90. The van der Waals surface area contributed by atoms with Crippen LogP contribution in [0, 0.1) is 12.3 Å². The number of anilines is 1. The second-order valence-electron chi connectivity index (χ2n) is 8.07. The van der Waals surface area contributed by atoms with Gasteiger partial charge in [-0.3, -0.25) is 9.59 Å². The largest absolute Gasteiger partial charge is 0.378 e. The van der Waals surface area contributed by atoms with Crippen LogP contribution in [-0.2, 0) is 9.53 Å². The summed E-state index contributed by atoms with van der Waals surface area (Å²) in [4.78, 5) is 25.2. The van der Waals surface area contributed by atoms with E-state index in [9.17, 15) is 9.59 Å². The summed E-state index contributed by atoms with van der Waals surface area (Å²) in [7, 11) is 0. The van der Waals surface area contributed by atoms with Crippen LogP contribution in [0.1, 0.15) is 56.0 Å². The molecular formula is C20H30ClN3O3. The first-order chi connectivity index (χ1) is 12.2. The standard InChI is InChI=1S/C20H29N3O3.ClH/c1-5-26-16-11-20(21,19(16,3)4)18(25)23-15-10-13(7-6-12(15)2)17(24)22-14-8-9-14;/h6-7,10,14,16H,5,8-9,11,21H2,1-4H3,(H,22,24)(H,23,25);1H. The summed E-state index contributed by atoms with van der Waals surface area (Å²) < 4.78 is 5.69. The van der Waals surface area contributed by atoms with E-state index >= 15 is 0 Å². The van der Waals surface area contributed by atoms with Crippen molar-refractivity contribution >= 4 is 29.9 Å². The fourth-order valence-corrected chi connectivity index (χ4v) is 3.45. The quantitative estimate of drug-likeness (QED) is 0.690. The zero-order chi connectivity index (χ0) is 19.1. The Balaban J connectivity index is 0.00000261. The van der Waals surface area contributed by atoms with Crippen molar-refractivity contribution in [2.45, 2.75) is 64.6 Å². The third-order valence-corrected chi connectivity index (χ3v) is 5.90. The van der Waals surface area contributed by atoms with Gasteiger partial charge in [0.1, 0.15) is 5.54 Å². The van der Waals surface area contributed by atoms with Gasteiger partial charge >= 0.3 is 0 Å².